The Balaban J connectivity index is 2.24. The molecule has 0 saturated heterocycles. The molecule has 0 spiro atoms. The molecular weight excluding hydrogens is 368 g/mol. The predicted octanol–water partition coefficient (Wildman–Crippen LogP) is 4.49. The van der Waals surface area contributed by atoms with E-state index in [0.717, 1.165) is 14.5 Å². The Bertz CT molecular complexity index is 589. The van der Waals surface area contributed by atoms with Crippen molar-refractivity contribution in [1.29, 1.82) is 0 Å². The first-order valence-corrected chi connectivity index (χ1v) is 6.83. The van der Waals surface area contributed by atoms with Gasteiger partial charge < -0.3 is 0 Å². The molecule has 0 radical (unpaired) electrons. The highest BCUT2D eigenvalue weighted by molar-refractivity contribution is 14.1. The fraction of sp³-hybridized carbons (Fsp3) is 0. The first-order chi connectivity index (χ1) is 8.56. The van der Waals surface area contributed by atoms with Crippen molar-refractivity contribution in [2.75, 3.05) is 0 Å². The van der Waals surface area contributed by atoms with Gasteiger partial charge in [0.2, 0.25) is 0 Å². The Hall–Kier alpha value is -1.15. The fourth-order valence-corrected chi connectivity index (χ4v) is 2.49. The van der Waals surface area contributed by atoms with Crippen LogP contribution in [0, 0.1) is 19.5 Å². The number of nitrogens with zero attached hydrogens (tertiary/aromatic N) is 1. The summed E-state index contributed by atoms with van der Waals surface area (Å²) in [6.07, 6.45) is 0. The van der Waals surface area contributed by atoms with Crippen molar-refractivity contribution < 1.29 is 9.31 Å². The summed E-state index contributed by atoms with van der Waals surface area (Å²) in [5, 5.41) is 10.5. The van der Waals surface area contributed by atoms with Gasteiger partial charge in [0.1, 0.15) is 5.82 Å². The van der Waals surface area contributed by atoms with Crippen molar-refractivity contribution >= 4 is 40.0 Å². The maximum absolute atomic E-state index is 13.6. The molecule has 3 nitrogen and oxygen atoms in total. The van der Waals surface area contributed by atoms with E-state index in [1.807, 2.05) is 24.3 Å². The molecule has 92 valence electrons. The van der Waals surface area contributed by atoms with Crippen LogP contribution in [0.2, 0.25) is 0 Å². The van der Waals surface area contributed by atoms with Gasteiger partial charge in [-0.15, -0.1) is 0 Å². The van der Waals surface area contributed by atoms with Gasteiger partial charge in [-0.2, -0.15) is 0 Å². The largest absolute Gasteiger partial charge is 0.272 e. The minimum Gasteiger partial charge on any atom is -0.258 e. The van der Waals surface area contributed by atoms with E-state index in [2.05, 4.69) is 22.6 Å². The lowest BCUT2D eigenvalue weighted by molar-refractivity contribution is -0.385. The summed E-state index contributed by atoms with van der Waals surface area (Å²) in [4.78, 5) is 11.2. The molecule has 0 saturated carbocycles. The minimum absolute atomic E-state index is 0.237. The molecule has 0 N–H and O–H groups in total. The number of nitro benzene ring substituents is 1. The first kappa shape index (κ1) is 13.3. The second-order valence-electron chi connectivity index (χ2n) is 3.43. The van der Waals surface area contributed by atoms with Crippen LogP contribution in [0.5, 0.6) is 0 Å². The van der Waals surface area contributed by atoms with Crippen molar-refractivity contribution in [3.05, 3.63) is 62.0 Å². The highest BCUT2D eigenvalue weighted by Crippen LogP contribution is 2.31. The van der Waals surface area contributed by atoms with Crippen LogP contribution in [0.4, 0.5) is 10.1 Å². The third-order valence-corrected chi connectivity index (χ3v) is 3.95. The van der Waals surface area contributed by atoms with Crippen LogP contribution < -0.4 is 0 Å². The third kappa shape index (κ3) is 3.20. The zero-order chi connectivity index (χ0) is 13.1. The van der Waals surface area contributed by atoms with E-state index >= 15 is 0 Å². The number of hydrogen-bond donors (Lipinski definition) is 0. The average Bonchev–Trinajstić information content (AvgIpc) is 2.34. The number of rotatable bonds is 3. The van der Waals surface area contributed by atoms with Gasteiger partial charge in [0.25, 0.3) is 5.69 Å². The van der Waals surface area contributed by atoms with Gasteiger partial charge >= 0.3 is 0 Å². The molecular formula is C12H7FINO2S. The molecule has 0 heterocycles. The number of hydrogen-bond acceptors (Lipinski definition) is 3. The minimum atomic E-state index is -0.609. The molecule has 0 aliphatic heterocycles. The lowest BCUT2D eigenvalue weighted by atomic mass is 10.3. The summed E-state index contributed by atoms with van der Waals surface area (Å²) >= 11 is 3.43. The van der Waals surface area contributed by atoms with E-state index in [9.17, 15) is 14.5 Å². The van der Waals surface area contributed by atoms with E-state index in [1.165, 1.54) is 23.9 Å². The van der Waals surface area contributed by atoms with Crippen LogP contribution in [-0.4, -0.2) is 4.92 Å². The van der Waals surface area contributed by atoms with Crippen LogP contribution in [0.15, 0.2) is 52.3 Å². The first-order valence-electron chi connectivity index (χ1n) is 4.93. The van der Waals surface area contributed by atoms with Crippen molar-refractivity contribution in [3.63, 3.8) is 0 Å². The van der Waals surface area contributed by atoms with Gasteiger partial charge in [0.05, 0.1) is 11.0 Å². The van der Waals surface area contributed by atoms with E-state index in [0.29, 0.717) is 4.90 Å². The molecule has 0 unspecified atom stereocenters. The Morgan fingerprint density at radius 1 is 1.17 bits per heavy atom. The number of halogens is 2. The Morgan fingerprint density at radius 2 is 1.83 bits per heavy atom. The van der Waals surface area contributed by atoms with Gasteiger partial charge in [0.15, 0.2) is 0 Å². The van der Waals surface area contributed by atoms with Crippen molar-refractivity contribution in [2.45, 2.75) is 9.79 Å². The second kappa shape index (κ2) is 5.66. The molecule has 0 aliphatic carbocycles. The second-order valence-corrected chi connectivity index (χ2v) is 5.79. The number of benzene rings is 2. The monoisotopic (exact) mass is 375 g/mol. The number of non-ortho nitro benzene ring substituents is 1. The smallest absolute Gasteiger partial charge is 0.258 e. The lowest BCUT2D eigenvalue weighted by Crippen LogP contribution is -1.90. The average molecular weight is 375 g/mol. The molecule has 2 aromatic carbocycles. The normalized spacial score (nSPS) is 10.3. The maximum atomic E-state index is 13.6. The fourth-order valence-electron chi connectivity index (χ4n) is 1.32. The van der Waals surface area contributed by atoms with Crippen LogP contribution in [0.25, 0.3) is 0 Å². The summed E-state index contributed by atoms with van der Waals surface area (Å²) in [6, 6.07) is 11.3. The third-order valence-electron chi connectivity index (χ3n) is 2.17. The molecule has 6 heteroatoms. The van der Waals surface area contributed by atoms with Crippen LogP contribution in [-0.2, 0) is 0 Å². The topological polar surface area (TPSA) is 43.1 Å². The molecule has 2 rings (SSSR count). The van der Waals surface area contributed by atoms with Gasteiger partial charge in [-0.25, -0.2) is 4.39 Å². The predicted molar refractivity (Wildman–Crippen MR) is 76.3 cm³/mol. The van der Waals surface area contributed by atoms with E-state index in [1.54, 1.807) is 0 Å². The molecule has 18 heavy (non-hydrogen) atoms. The highest BCUT2D eigenvalue weighted by atomic mass is 127. The zero-order valence-electron chi connectivity index (χ0n) is 8.97. The van der Waals surface area contributed by atoms with E-state index < -0.39 is 10.7 Å². The molecule has 0 bridgehead atoms. The summed E-state index contributed by atoms with van der Waals surface area (Å²) in [5.74, 6) is -0.576. The van der Waals surface area contributed by atoms with Crippen molar-refractivity contribution in [2.24, 2.45) is 0 Å². The van der Waals surface area contributed by atoms with Crippen molar-refractivity contribution in [3.8, 4) is 0 Å². The van der Waals surface area contributed by atoms with Crippen LogP contribution >= 0.6 is 34.4 Å². The van der Waals surface area contributed by atoms with Gasteiger partial charge in [0, 0.05) is 19.4 Å². The molecule has 0 aromatic heterocycles. The molecule has 2 aromatic rings. The SMILES string of the molecule is O=[N+]([O-])c1ccc(Sc2ccc(I)cc2)c(F)c1. The maximum Gasteiger partial charge on any atom is 0.272 e. The summed E-state index contributed by atoms with van der Waals surface area (Å²) in [5.41, 5.74) is -0.237. The standard InChI is InChI=1S/C12H7FINO2S/c13-11-7-9(15(16)17)3-6-12(11)18-10-4-1-8(14)2-5-10/h1-7H. The zero-order valence-corrected chi connectivity index (χ0v) is 11.9. The highest BCUT2D eigenvalue weighted by Gasteiger charge is 2.11. The molecule has 0 aliphatic rings. The van der Waals surface area contributed by atoms with Crippen molar-refractivity contribution in [1.82, 2.24) is 0 Å². The quantitative estimate of drug-likeness (QED) is 0.451. The molecule has 0 atom stereocenters. The Kier molecular flexibility index (Phi) is 4.18. The molecule has 0 amide bonds. The summed E-state index contributed by atoms with van der Waals surface area (Å²) < 4.78 is 14.7. The Morgan fingerprint density at radius 3 is 2.39 bits per heavy atom. The van der Waals surface area contributed by atoms with Crippen LogP contribution in [0.1, 0.15) is 0 Å². The Labute approximate surface area is 121 Å². The summed E-state index contributed by atoms with van der Waals surface area (Å²) in [7, 11) is 0. The van der Waals surface area contributed by atoms with Gasteiger partial charge in [-0.05, 0) is 52.9 Å². The summed E-state index contributed by atoms with van der Waals surface area (Å²) in [6.45, 7) is 0. The van der Waals surface area contributed by atoms with E-state index in [-0.39, 0.29) is 5.69 Å². The van der Waals surface area contributed by atoms with Gasteiger partial charge in [-0.1, -0.05) is 11.8 Å². The van der Waals surface area contributed by atoms with E-state index in [4.69, 9.17) is 0 Å². The number of nitro groups is 1. The van der Waals surface area contributed by atoms with Crippen LogP contribution in [0.3, 0.4) is 0 Å². The lowest BCUT2D eigenvalue weighted by Gasteiger charge is -2.03. The molecule has 0 fully saturated rings. The van der Waals surface area contributed by atoms with Gasteiger partial charge in [-0.3, -0.25) is 10.1 Å².